The lowest BCUT2D eigenvalue weighted by Crippen LogP contribution is -2.57. The van der Waals surface area contributed by atoms with E-state index in [0.29, 0.717) is 26.2 Å². The first-order chi connectivity index (χ1) is 18.5. The fraction of sp³-hybridized carbons (Fsp3) is 0.548. The van der Waals surface area contributed by atoms with Crippen molar-refractivity contribution in [2.45, 2.75) is 72.1 Å². The molecule has 0 unspecified atom stereocenters. The third-order valence-corrected chi connectivity index (χ3v) is 8.54. The van der Waals surface area contributed by atoms with Gasteiger partial charge in [-0.25, -0.2) is 0 Å². The summed E-state index contributed by atoms with van der Waals surface area (Å²) in [4.78, 5) is 29.3. The van der Waals surface area contributed by atoms with Gasteiger partial charge in [-0.05, 0) is 80.5 Å². The van der Waals surface area contributed by atoms with Gasteiger partial charge in [-0.15, -0.1) is 0 Å². The molecule has 2 aromatic carbocycles. The summed E-state index contributed by atoms with van der Waals surface area (Å²) in [7, 11) is 0. The molecule has 0 spiro atoms. The van der Waals surface area contributed by atoms with Crippen LogP contribution in [0.4, 0.5) is 0 Å². The normalized spacial score (nSPS) is 20.6. The smallest absolute Gasteiger partial charge is 0.225 e. The van der Waals surface area contributed by atoms with Crippen LogP contribution in [0.1, 0.15) is 54.0 Å². The number of rotatable bonds is 8. The molecule has 0 aromatic heterocycles. The number of ether oxygens (including phenoxy) is 2. The first kappa shape index (κ1) is 29.4. The molecular formula is C31H42ClN3O4. The van der Waals surface area contributed by atoms with Crippen LogP contribution in [-0.4, -0.2) is 72.6 Å². The van der Waals surface area contributed by atoms with Crippen molar-refractivity contribution in [3.8, 4) is 5.75 Å². The fourth-order valence-corrected chi connectivity index (χ4v) is 5.73. The lowest BCUT2D eigenvalue weighted by molar-refractivity contribution is -0.157. The Labute approximate surface area is 237 Å². The van der Waals surface area contributed by atoms with Gasteiger partial charge >= 0.3 is 0 Å². The van der Waals surface area contributed by atoms with Gasteiger partial charge < -0.3 is 19.7 Å². The number of hydrogen-bond acceptors (Lipinski definition) is 5. The average molecular weight is 556 g/mol. The number of nitrogens with zero attached hydrogens (tertiary/aromatic N) is 2. The molecule has 2 aliphatic heterocycles. The highest BCUT2D eigenvalue weighted by atomic mass is 35.5. The van der Waals surface area contributed by atoms with Crippen LogP contribution in [0.3, 0.4) is 0 Å². The van der Waals surface area contributed by atoms with Crippen LogP contribution in [0, 0.1) is 27.7 Å². The van der Waals surface area contributed by atoms with Crippen molar-refractivity contribution in [3.05, 3.63) is 63.2 Å². The van der Waals surface area contributed by atoms with Crippen molar-refractivity contribution in [3.63, 3.8) is 0 Å². The number of carbonyl (C=O) groups is 2. The second-order valence-corrected chi connectivity index (χ2v) is 11.7. The zero-order valence-corrected chi connectivity index (χ0v) is 24.7. The molecule has 0 saturated carbocycles. The zero-order chi connectivity index (χ0) is 28.2. The fourth-order valence-electron chi connectivity index (χ4n) is 5.62. The van der Waals surface area contributed by atoms with Crippen molar-refractivity contribution in [1.29, 1.82) is 0 Å². The van der Waals surface area contributed by atoms with Gasteiger partial charge in [0.25, 0.3) is 0 Å². The summed E-state index contributed by atoms with van der Waals surface area (Å²) in [5.74, 6) is 0.770. The van der Waals surface area contributed by atoms with Gasteiger partial charge in [0.15, 0.2) is 0 Å². The number of morpholine rings is 1. The molecule has 2 fully saturated rings. The number of halogens is 1. The Kier molecular flexibility index (Phi) is 9.57. The van der Waals surface area contributed by atoms with E-state index in [1.54, 1.807) is 0 Å². The van der Waals surface area contributed by atoms with E-state index in [1.165, 1.54) is 23.6 Å². The number of carbonyl (C=O) groups excluding carboxylic acids is 2. The quantitative estimate of drug-likeness (QED) is 0.509. The Hall–Kier alpha value is -2.61. The molecule has 1 atom stereocenters. The van der Waals surface area contributed by atoms with Gasteiger partial charge in [-0.2, -0.15) is 0 Å². The van der Waals surface area contributed by atoms with Crippen LogP contribution in [0.5, 0.6) is 5.75 Å². The molecule has 2 aromatic rings. The van der Waals surface area contributed by atoms with E-state index < -0.39 is 5.60 Å². The molecule has 212 valence electrons. The number of likely N-dealkylation sites (tertiary alicyclic amines) is 1. The molecule has 1 N–H and O–H groups in total. The van der Waals surface area contributed by atoms with Gasteiger partial charge in [0.05, 0.1) is 13.0 Å². The molecule has 2 amide bonds. The van der Waals surface area contributed by atoms with E-state index in [0.717, 1.165) is 47.8 Å². The van der Waals surface area contributed by atoms with E-state index >= 15 is 0 Å². The summed E-state index contributed by atoms with van der Waals surface area (Å²) in [6.45, 7) is 14.0. The van der Waals surface area contributed by atoms with E-state index in [2.05, 4.69) is 42.3 Å². The molecule has 4 rings (SSSR count). The first-order valence-corrected chi connectivity index (χ1v) is 14.3. The Bertz CT molecular complexity index is 1170. The largest absolute Gasteiger partial charge is 0.490 e. The number of hydrogen-bond donors (Lipinski definition) is 1. The van der Waals surface area contributed by atoms with E-state index in [-0.39, 0.29) is 30.9 Å². The number of benzene rings is 2. The highest BCUT2D eigenvalue weighted by molar-refractivity contribution is 6.32. The number of aryl methyl sites for hydroxylation is 4. The lowest BCUT2D eigenvalue weighted by atomic mass is 9.95. The predicted octanol–water partition coefficient (Wildman–Crippen LogP) is 4.74. The second-order valence-electron chi connectivity index (χ2n) is 11.4. The summed E-state index contributed by atoms with van der Waals surface area (Å²) in [5, 5.41) is 3.72. The second kappa shape index (κ2) is 12.7. The maximum Gasteiger partial charge on any atom is 0.225 e. The molecule has 0 bridgehead atoms. The molecule has 0 radical (unpaired) electrons. The number of nitrogens with one attached hydrogen (secondary N) is 1. The minimum Gasteiger partial charge on any atom is -0.490 e. The van der Waals surface area contributed by atoms with Crippen molar-refractivity contribution < 1.29 is 19.1 Å². The van der Waals surface area contributed by atoms with Crippen LogP contribution in [-0.2, 0) is 20.9 Å². The third-order valence-electron chi connectivity index (χ3n) is 7.95. The highest BCUT2D eigenvalue weighted by Gasteiger charge is 2.41. The topological polar surface area (TPSA) is 71.1 Å². The zero-order valence-electron chi connectivity index (χ0n) is 23.9. The Morgan fingerprint density at radius 1 is 1.03 bits per heavy atom. The molecular weight excluding hydrogens is 514 g/mol. The van der Waals surface area contributed by atoms with E-state index in [9.17, 15) is 9.59 Å². The predicted molar refractivity (Wildman–Crippen MR) is 154 cm³/mol. The molecule has 8 heteroatoms. The average Bonchev–Trinajstić information content (AvgIpc) is 2.88. The van der Waals surface area contributed by atoms with Crippen molar-refractivity contribution in [1.82, 2.24) is 15.1 Å². The third kappa shape index (κ3) is 7.74. The minimum atomic E-state index is -0.773. The molecule has 2 heterocycles. The van der Waals surface area contributed by atoms with Crippen molar-refractivity contribution in [2.75, 3.05) is 39.4 Å². The number of amides is 2. The molecule has 7 nitrogen and oxygen atoms in total. The Morgan fingerprint density at radius 3 is 2.36 bits per heavy atom. The maximum atomic E-state index is 13.6. The van der Waals surface area contributed by atoms with Crippen LogP contribution < -0.4 is 10.1 Å². The van der Waals surface area contributed by atoms with Crippen molar-refractivity contribution >= 4 is 23.4 Å². The highest BCUT2D eigenvalue weighted by Crippen LogP contribution is 2.30. The summed E-state index contributed by atoms with van der Waals surface area (Å²) in [6.07, 6.45) is 1.77. The van der Waals surface area contributed by atoms with Crippen LogP contribution in [0.15, 0.2) is 30.3 Å². The molecule has 2 aliphatic rings. The minimum absolute atomic E-state index is 0.0250. The van der Waals surface area contributed by atoms with Crippen LogP contribution >= 0.6 is 11.6 Å². The number of piperidine rings is 1. The van der Waals surface area contributed by atoms with E-state index in [4.69, 9.17) is 21.1 Å². The molecule has 0 aliphatic carbocycles. The summed E-state index contributed by atoms with van der Waals surface area (Å²) in [6, 6.07) is 10.6. The van der Waals surface area contributed by atoms with Gasteiger partial charge in [0.2, 0.25) is 11.8 Å². The van der Waals surface area contributed by atoms with Gasteiger partial charge in [-0.3, -0.25) is 14.5 Å². The Balaban J connectivity index is 1.49. The van der Waals surface area contributed by atoms with Crippen molar-refractivity contribution in [2.24, 2.45) is 0 Å². The monoisotopic (exact) mass is 555 g/mol. The van der Waals surface area contributed by atoms with Gasteiger partial charge in [0.1, 0.15) is 18.0 Å². The van der Waals surface area contributed by atoms with Gasteiger partial charge in [0, 0.05) is 50.7 Å². The summed E-state index contributed by atoms with van der Waals surface area (Å²) in [5.41, 5.74) is 4.96. The first-order valence-electron chi connectivity index (χ1n) is 13.9. The maximum absolute atomic E-state index is 13.6. The summed E-state index contributed by atoms with van der Waals surface area (Å²) < 4.78 is 12.7. The standard InChI is InChI=1S/C31H42ClN3O4/c1-21-6-7-26(14-22(21)2)18-34-12-13-39-31(19-34,20-38-28-15-23(3)30(32)24(4)16-28)17-29(37)35-10-8-27(9-11-35)33-25(5)36/h6-7,14-16,27H,8-13,17-20H2,1-5H3,(H,33,36)/t31-/m0/s1. The van der Waals surface area contributed by atoms with E-state index in [1.807, 2.05) is 30.9 Å². The molecule has 2 saturated heterocycles. The SMILES string of the molecule is CC(=O)NC1CCN(C(=O)C[C@@]2(COc3cc(C)c(Cl)c(C)c3)CN(Cc3ccc(C)c(C)c3)CCO2)CC1. The van der Waals surface area contributed by atoms with Crippen LogP contribution in [0.2, 0.25) is 5.02 Å². The van der Waals surface area contributed by atoms with Gasteiger partial charge in [-0.1, -0.05) is 29.8 Å². The Morgan fingerprint density at radius 2 is 1.72 bits per heavy atom. The van der Waals surface area contributed by atoms with Crippen LogP contribution in [0.25, 0.3) is 0 Å². The summed E-state index contributed by atoms with van der Waals surface area (Å²) >= 11 is 6.38. The molecule has 39 heavy (non-hydrogen) atoms. The lowest BCUT2D eigenvalue weighted by Gasteiger charge is -2.43.